The van der Waals surface area contributed by atoms with Gasteiger partial charge in [0.2, 0.25) is 0 Å². The van der Waals surface area contributed by atoms with E-state index in [2.05, 4.69) is 6.58 Å². The molecule has 7 atom stereocenters. The third kappa shape index (κ3) is 3.33. The zero-order valence-corrected chi connectivity index (χ0v) is 17.8. The number of ether oxygens (including phenoxy) is 3. The molecule has 3 aliphatic rings. The standard InChI is InChI=1S/C22H32O7/c1-11(2)7-17(24)28-15-9-22(10-27-14(5)23)16(8-12(15)3)29-19-13(4)21(22,6)20(26)18(19)25/h8,11,15-16,18-20,25-26H,4,7,9-10H2,1-3,5-6H3/t15-,16+,18-,19-,20+,21+,22+/m0/s1. The van der Waals surface area contributed by atoms with Crippen molar-refractivity contribution >= 4 is 11.9 Å². The Bertz CT molecular complexity index is 741. The molecule has 2 N–H and O–H groups in total. The van der Waals surface area contributed by atoms with E-state index in [4.69, 9.17) is 14.2 Å². The summed E-state index contributed by atoms with van der Waals surface area (Å²) in [5, 5.41) is 21.5. The van der Waals surface area contributed by atoms with Crippen LogP contribution >= 0.6 is 0 Å². The van der Waals surface area contributed by atoms with Crippen molar-refractivity contribution in [2.45, 2.75) is 78.0 Å². The van der Waals surface area contributed by atoms with Gasteiger partial charge in [-0.05, 0) is 24.0 Å². The summed E-state index contributed by atoms with van der Waals surface area (Å²) in [6, 6.07) is 0. The normalized spacial score (nSPS) is 41.0. The Labute approximate surface area is 171 Å². The van der Waals surface area contributed by atoms with Crippen molar-refractivity contribution in [3.8, 4) is 0 Å². The van der Waals surface area contributed by atoms with Gasteiger partial charge in [-0.2, -0.15) is 0 Å². The maximum absolute atomic E-state index is 12.3. The van der Waals surface area contributed by atoms with Crippen LogP contribution < -0.4 is 0 Å². The summed E-state index contributed by atoms with van der Waals surface area (Å²) < 4.78 is 17.3. The molecule has 0 amide bonds. The average molecular weight is 408 g/mol. The van der Waals surface area contributed by atoms with Gasteiger partial charge < -0.3 is 24.4 Å². The minimum Gasteiger partial charge on any atom is -0.465 e. The number of carbonyl (C=O) groups is 2. The van der Waals surface area contributed by atoms with E-state index in [0.717, 1.165) is 5.57 Å². The van der Waals surface area contributed by atoms with E-state index in [9.17, 15) is 19.8 Å². The molecule has 0 spiro atoms. The molecule has 0 unspecified atom stereocenters. The number of rotatable bonds is 5. The third-order valence-corrected chi connectivity index (χ3v) is 6.96. The van der Waals surface area contributed by atoms with E-state index in [1.807, 2.05) is 33.8 Å². The van der Waals surface area contributed by atoms with Gasteiger partial charge in [-0.15, -0.1) is 0 Å². The Balaban J connectivity index is 2.02. The van der Waals surface area contributed by atoms with Crippen LogP contribution in [0.3, 0.4) is 0 Å². The molecule has 0 radical (unpaired) electrons. The van der Waals surface area contributed by atoms with Crippen LogP contribution in [0.4, 0.5) is 0 Å². The summed E-state index contributed by atoms with van der Waals surface area (Å²) in [4.78, 5) is 24.0. The first kappa shape index (κ1) is 22.0. The van der Waals surface area contributed by atoms with E-state index < -0.39 is 47.3 Å². The number of carbonyl (C=O) groups excluding carboxylic acids is 2. The van der Waals surface area contributed by atoms with Gasteiger partial charge in [0.25, 0.3) is 0 Å². The number of aliphatic hydroxyl groups excluding tert-OH is 2. The van der Waals surface area contributed by atoms with Gasteiger partial charge in [-0.3, -0.25) is 9.59 Å². The Hall–Kier alpha value is -1.70. The second kappa shape index (κ2) is 7.52. The van der Waals surface area contributed by atoms with Crippen molar-refractivity contribution < 1.29 is 34.0 Å². The van der Waals surface area contributed by atoms with Gasteiger partial charge in [0, 0.05) is 30.6 Å². The summed E-state index contributed by atoms with van der Waals surface area (Å²) in [7, 11) is 0. The van der Waals surface area contributed by atoms with E-state index in [-0.39, 0.29) is 18.5 Å². The lowest BCUT2D eigenvalue weighted by molar-refractivity contribution is -0.188. The molecule has 0 aromatic rings. The second-order valence-corrected chi connectivity index (χ2v) is 9.27. The quantitative estimate of drug-likeness (QED) is 0.529. The van der Waals surface area contributed by atoms with Crippen LogP contribution in [0.15, 0.2) is 23.8 Å². The van der Waals surface area contributed by atoms with E-state index in [1.165, 1.54) is 6.92 Å². The highest BCUT2D eigenvalue weighted by Gasteiger charge is 2.71. The lowest BCUT2D eigenvalue weighted by Gasteiger charge is -2.57. The molecule has 0 aromatic heterocycles. The van der Waals surface area contributed by atoms with Gasteiger partial charge in [0.1, 0.15) is 24.9 Å². The Morgan fingerprint density at radius 3 is 2.62 bits per heavy atom. The molecule has 29 heavy (non-hydrogen) atoms. The molecular formula is C22H32O7. The molecule has 1 heterocycles. The maximum atomic E-state index is 12.3. The largest absolute Gasteiger partial charge is 0.465 e. The maximum Gasteiger partial charge on any atom is 0.306 e. The van der Waals surface area contributed by atoms with Gasteiger partial charge in [0.15, 0.2) is 0 Å². The predicted molar refractivity (Wildman–Crippen MR) is 105 cm³/mol. The van der Waals surface area contributed by atoms with Gasteiger partial charge in [-0.25, -0.2) is 0 Å². The first-order valence-corrected chi connectivity index (χ1v) is 10.2. The molecular weight excluding hydrogens is 376 g/mol. The number of hydrogen-bond acceptors (Lipinski definition) is 7. The summed E-state index contributed by atoms with van der Waals surface area (Å²) in [6.45, 7) is 13.0. The first-order valence-electron chi connectivity index (χ1n) is 10.2. The van der Waals surface area contributed by atoms with Crippen molar-refractivity contribution in [2.24, 2.45) is 16.7 Å². The monoisotopic (exact) mass is 408 g/mol. The molecule has 162 valence electrons. The average Bonchev–Trinajstić information content (AvgIpc) is 2.73. The van der Waals surface area contributed by atoms with Crippen LogP contribution in [0.25, 0.3) is 0 Å². The molecule has 1 saturated heterocycles. The Kier molecular flexibility index (Phi) is 5.71. The highest BCUT2D eigenvalue weighted by molar-refractivity contribution is 5.70. The van der Waals surface area contributed by atoms with Gasteiger partial charge in [0.05, 0.1) is 12.2 Å². The number of fused-ring (bicyclic) bond motifs is 4. The Morgan fingerprint density at radius 1 is 1.38 bits per heavy atom. The van der Waals surface area contributed by atoms with Gasteiger partial charge >= 0.3 is 11.9 Å². The summed E-state index contributed by atoms with van der Waals surface area (Å²) in [5.74, 6) is -0.590. The molecule has 2 fully saturated rings. The minimum absolute atomic E-state index is 0.0406. The van der Waals surface area contributed by atoms with E-state index in [1.54, 1.807) is 0 Å². The molecule has 7 heteroatoms. The van der Waals surface area contributed by atoms with E-state index >= 15 is 0 Å². The third-order valence-electron chi connectivity index (χ3n) is 6.96. The molecule has 1 saturated carbocycles. The molecule has 7 nitrogen and oxygen atoms in total. The van der Waals surface area contributed by atoms with E-state index in [0.29, 0.717) is 18.4 Å². The predicted octanol–water partition coefficient (Wildman–Crippen LogP) is 1.91. The number of hydrogen-bond donors (Lipinski definition) is 2. The van der Waals surface area contributed by atoms with Crippen molar-refractivity contribution in [3.05, 3.63) is 23.8 Å². The van der Waals surface area contributed by atoms with Crippen LogP contribution in [0, 0.1) is 16.7 Å². The summed E-state index contributed by atoms with van der Waals surface area (Å²) in [6.07, 6.45) is -1.56. The number of esters is 2. The molecule has 2 aliphatic carbocycles. The lowest BCUT2D eigenvalue weighted by Crippen LogP contribution is -2.61. The highest BCUT2D eigenvalue weighted by atomic mass is 16.6. The lowest BCUT2D eigenvalue weighted by atomic mass is 9.53. The zero-order chi connectivity index (χ0) is 21.7. The molecule has 1 aliphatic heterocycles. The summed E-state index contributed by atoms with van der Waals surface area (Å²) in [5.41, 5.74) is -0.494. The van der Waals surface area contributed by atoms with Crippen LogP contribution in [-0.2, 0) is 23.8 Å². The molecule has 3 rings (SSSR count). The fraction of sp³-hybridized carbons (Fsp3) is 0.727. The summed E-state index contributed by atoms with van der Waals surface area (Å²) >= 11 is 0. The first-order chi connectivity index (χ1) is 13.4. The van der Waals surface area contributed by atoms with Crippen molar-refractivity contribution in [2.75, 3.05) is 6.61 Å². The highest BCUT2D eigenvalue weighted by Crippen LogP contribution is 2.64. The zero-order valence-electron chi connectivity index (χ0n) is 17.8. The second-order valence-electron chi connectivity index (χ2n) is 9.27. The minimum atomic E-state index is -1.14. The fourth-order valence-electron chi connectivity index (χ4n) is 5.12. The van der Waals surface area contributed by atoms with Crippen molar-refractivity contribution in [3.63, 3.8) is 0 Å². The van der Waals surface area contributed by atoms with Crippen LogP contribution in [0.5, 0.6) is 0 Å². The van der Waals surface area contributed by atoms with Crippen LogP contribution in [0.1, 0.15) is 47.5 Å². The van der Waals surface area contributed by atoms with Gasteiger partial charge in [-0.1, -0.05) is 33.4 Å². The molecule has 0 aromatic carbocycles. The van der Waals surface area contributed by atoms with Crippen LogP contribution in [-0.4, -0.2) is 59.3 Å². The molecule has 2 bridgehead atoms. The topological polar surface area (TPSA) is 102 Å². The van der Waals surface area contributed by atoms with Crippen molar-refractivity contribution in [1.82, 2.24) is 0 Å². The fourth-order valence-corrected chi connectivity index (χ4v) is 5.12. The van der Waals surface area contributed by atoms with Crippen molar-refractivity contribution in [1.29, 1.82) is 0 Å². The SMILES string of the molecule is C=C1[C@@H]2O[C@@H]3C=C(C)[C@@H](OC(=O)CC(C)C)C[C@]3(COC(C)=O)[C@@]1(C)[C@H](O)[C@H]2O. The smallest absolute Gasteiger partial charge is 0.306 e. The Morgan fingerprint density at radius 2 is 2.03 bits per heavy atom. The van der Waals surface area contributed by atoms with Crippen LogP contribution in [0.2, 0.25) is 0 Å². The number of aliphatic hydroxyl groups is 2.